The van der Waals surface area contributed by atoms with Crippen molar-refractivity contribution in [1.82, 2.24) is 4.90 Å². The topological polar surface area (TPSA) is 65.1 Å². The molecule has 7 heteroatoms. The van der Waals surface area contributed by atoms with E-state index in [4.69, 9.17) is 13.9 Å². The lowest BCUT2D eigenvalue weighted by atomic mass is 9.82. The summed E-state index contributed by atoms with van der Waals surface area (Å²) in [4.78, 5) is 26.7. The van der Waals surface area contributed by atoms with E-state index in [9.17, 15) is 9.59 Å². The van der Waals surface area contributed by atoms with Crippen LogP contribution in [0.5, 0.6) is 0 Å². The van der Waals surface area contributed by atoms with Gasteiger partial charge in [0.25, 0.3) is 0 Å². The van der Waals surface area contributed by atoms with E-state index in [1.165, 1.54) is 0 Å². The van der Waals surface area contributed by atoms with Gasteiger partial charge in [-0.3, -0.25) is 4.79 Å². The standard InChI is InChI=1S/C22H43NO5Si/c1-10-26-19(24)18-13-14-23(20(25)28-21(2,3)4)16-17(18)12-11-15-27-29(8,9)22(5,6)7/h17-18H,10-16H2,1-9H3/t17-,18+/m1/s1. The molecule has 1 fully saturated rings. The third-order valence-corrected chi connectivity index (χ3v) is 10.5. The van der Waals surface area contributed by atoms with Gasteiger partial charge in [0.1, 0.15) is 5.60 Å². The van der Waals surface area contributed by atoms with Crippen LogP contribution in [0.2, 0.25) is 18.1 Å². The summed E-state index contributed by atoms with van der Waals surface area (Å²) in [6.45, 7) is 20.7. The number of amides is 1. The van der Waals surface area contributed by atoms with Gasteiger partial charge in [-0.15, -0.1) is 0 Å². The summed E-state index contributed by atoms with van der Waals surface area (Å²) in [7, 11) is -1.78. The van der Waals surface area contributed by atoms with Gasteiger partial charge in [-0.05, 0) is 71.0 Å². The molecule has 1 heterocycles. The van der Waals surface area contributed by atoms with Gasteiger partial charge in [0.05, 0.1) is 12.5 Å². The molecule has 1 aliphatic rings. The molecule has 6 nitrogen and oxygen atoms in total. The van der Waals surface area contributed by atoms with Gasteiger partial charge in [-0.2, -0.15) is 0 Å². The zero-order chi connectivity index (χ0) is 22.5. The molecule has 0 aromatic heterocycles. The Labute approximate surface area is 178 Å². The number of hydrogen-bond donors (Lipinski definition) is 0. The molecule has 0 N–H and O–H groups in total. The first-order valence-electron chi connectivity index (χ1n) is 11.0. The van der Waals surface area contributed by atoms with E-state index < -0.39 is 13.9 Å². The molecule has 0 saturated carbocycles. The highest BCUT2D eigenvalue weighted by molar-refractivity contribution is 6.74. The van der Waals surface area contributed by atoms with E-state index in [2.05, 4.69) is 33.9 Å². The summed E-state index contributed by atoms with van der Waals surface area (Å²) in [5, 5.41) is 0.179. The van der Waals surface area contributed by atoms with Crippen molar-refractivity contribution in [2.75, 3.05) is 26.3 Å². The number of esters is 1. The predicted octanol–water partition coefficient (Wildman–Crippen LogP) is 5.22. The molecule has 170 valence electrons. The van der Waals surface area contributed by atoms with Crippen LogP contribution in [-0.4, -0.2) is 57.2 Å². The van der Waals surface area contributed by atoms with E-state index in [0.29, 0.717) is 32.7 Å². The summed E-state index contributed by atoms with van der Waals surface area (Å²) in [6.07, 6.45) is 2.01. The number of piperidine rings is 1. The Kier molecular flexibility index (Phi) is 9.21. The maximum Gasteiger partial charge on any atom is 0.410 e. The van der Waals surface area contributed by atoms with Gasteiger partial charge in [-0.25, -0.2) is 4.79 Å². The highest BCUT2D eigenvalue weighted by Crippen LogP contribution is 2.37. The Morgan fingerprint density at radius 1 is 1.10 bits per heavy atom. The molecule has 1 aliphatic heterocycles. The van der Waals surface area contributed by atoms with Gasteiger partial charge >= 0.3 is 12.1 Å². The Balaban J connectivity index is 2.72. The quantitative estimate of drug-likeness (QED) is 0.315. The number of rotatable bonds is 7. The van der Waals surface area contributed by atoms with E-state index in [1.54, 1.807) is 4.90 Å². The van der Waals surface area contributed by atoms with Crippen LogP contribution in [0, 0.1) is 11.8 Å². The van der Waals surface area contributed by atoms with E-state index >= 15 is 0 Å². The number of likely N-dealkylation sites (tertiary alicyclic amines) is 1. The second-order valence-electron chi connectivity index (χ2n) is 10.6. The zero-order valence-corrected chi connectivity index (χ0v) is 21.1. The first kappa shape index (κ1) is 26.0. The first-order chi connectivity index (χ1) is 13.2. The fourth-order valence-corrected chi connectivity index (χ4v) is 4.35. The van der Waals surface area contributed by atoms with E-state index in [0.717, 1.165) is 12.8 Å². The van der Waals surface area contributed by atoms with Gasteiger partial charge in [0.15, 0.2) is 8.32 Å². The normalized spacial score (nSPS) is 21.1. The maximum atomic E-state index is 12.5. The molecule has 0 spiro atoms. The summed E-state index contributed by atoms with van der Waals surface area (Å²) in [5.74, 6) is -0.244. The Bertz CT molecular complexity index is 550. The molecular formula is C22H43NO5Si. The molecule has 0 aromatic rings. The van der Waals surface area contributed by atoms with Crippen LogP contribution in [0.15, 0.2) is 0 Å². The van der Waals surface area contributed by atoms with Crippen LogP contribution in [-0.2, 0) is 18.7 Å². The molecular weight excluding hydrogens is 386 g/mol. The van der Waals surface area contributed by atoms with Crippen molar-refractivity contribution < 1.29 is 23.5 Å². The van der Waals surface area contributed by atoms with Crippen LogP contribution in [0.25, 0.3) is 0 Å². The fraction of sp³-hybridized carbons (Fsp3) is 0.909. The van der Waals surface area contributed by atoms with Crippen molar-refractivity contribution in [3.05, 3.63) is 0 Å². The third-order valence-electron chi connectivity index (χ3n) is 5.96. The molecule has 1 saturated heterocycles. The molecule has 1 rings (SSSR count). The van der Waals surface area contributed by atoms with Gasteiger partial charge in [-0.1, -0.05) is 20.8 Å². The second kappa shape index (κ2) is 10.3. The monoisotopic (exact) mass is 429 g/mol. The lowest BCUT2D eigenvalue weighted by Gasteiger charge is -2.38. The summed E-state index contributed by atoms with van der Waals surface area (Å²) in [6, 6.07) is 0. The molecule has 0 unspecified atom stereocenters. The van der Waals surface area contributed by atoms with Crippen LogP contribution in [0.1, 0.15) is 67.7 Å². The van der Waals surface area contributed by atoms with E-state index in [1.807, 2.05) is 27.7 Å². The zero-order valence-electron chi connectivity index (χ0n) is 20.1. The highest BCUT2D eigenvalue weighted by atomic mass is 28.4. The minimum Gasteiger partial charge on any atom is -0.466 e. The van der Waals surface area contributed by atoms with Crippen molar-refractivity contribution in [3.8, 4) is 0 Å². The molecule has 0 radical (unpaired) electrons. The van der Waals surface area contributed by atoms with E-state index in [-0.39, 0.29) is 28.9 Å². The fourth-order valence-electron chi connectivity index (χ4n) is 3.27. The molecule has 0 bridgehead atoms. The third kappa shape index (κ3) is 8.28. The van der Waals surface area contributed by atoms with Crippen molar-refractivity contribution in [2.45, 2.75) is 91.5 Å². The SMILES string of the molecule is CCOC(=O)[C@H]1CCN(C(=O)OC(C)(C)C)C[C@H]1CCCO[Si](C)(C)C(C)(C)C. The summed E-state index contributed by atoms with van der Waals surface area (Å²) in [5.41, 5.74) is -0.526. The van der Waals surface area contributed by atoms with Crippen molar-refractivity contribution in [1.29, 1.82) is 0 Å². The Morgan fingerprint density at radius 3 is 2.24 bits per heavy atom. The van der Waals surface area contributed by atoms with Gasteiger partial charge in [0.2, 0.25) is 0 Å². The molecule has 0 aliphatic carbocycles. The Hall–Kier alpha value is -1.08. The van der Waals surface area contributed by atoms with Gasteiger partial charge < -0.3 is 18.8 Å². The lowest BCUT2D eigenvalue weighted by Crippen LogP contribution is -2.48. The molecule has 29 heavy (non-hydrogen) atoms. The minimum absolute atomic E-state index is 0.0679. The van der Waals surface area contributed by atoms with Crippen molar-refractivity contribution >= 4 is 20.4 Å². The number of hydrogen-bond acceptors (Lipinski definition) is 5. The number of nitrogens with zero attached hydrogens (tertiary/aromatic N) is 1. The average Bonchev–Trinajstić information content (AvgIpc) is 2.56. The van der Waals surface area contributed by atoms with Crippen LogP contribution in [0.4, 0.5) is 4.79 Å². The highest BCUT2D eigenvalue weighted by Gasteiger charge is 2.39. The van der Waals surface area contributed by atoms with Crippen LogP contribution >= 0.6 is 0 Å². The summed E-state index contributed by atoms with van der Waals surface area (Å²) >= 11 is 0. The molecule has 1 amide bonds. The smallest absolute Gasteiger partial charge is 0.410 e. The molecule has 0 aromatic carbocycles. The van der Waals surface area contributed by atoms with Crippen LogP contribution in [0.3, 0.4) is 0 Å². The number of carbonyl (C=O) groups excluding carboxylic acids is 2. The van der Waals surface area contributed by atoms with Crippen LogP contribution < -0.4 is 0 Å². The number of carbonyl (C=O) groups is 2. The first-order valence-corrected chi connectivity index (χ1v) is 13.9. The second-order valence-corrected chi connectivity index (χ2v) is 15.4. The Morgan fingerprint density at radius 2 is 1.72 bits per heavy atom. The van der Waals surface area contributed by atoms with Crippen molar-refractivity contribution in [3.63, 3.8) is 0 Å². The maximum absolute atomic E-state index is 12.5. The number of ether oxygens (including phenoxy) is 2. The molecule has 2 atom stereocenters. The predicted molar refractivity (Wildman–Crippen MR) is 118 cm³/mol. The van der Waals surface area contributed by atoms with Crippen molar-refractivity contribution in [2.24, 2.45) is 11.8 Å². The summed E-state index contributed by atoms with van der Waals surface area (Å²) < 4.78 is 17.1. The largest absolute Gasteiger partial charge is 0.466 e. The average molecular weight is 430 g/mol. The minimum atomic E-state index is -1.78. The van der Waals surface area contributed by atoms with Gasteiger partial charge in [0, 0.05) is 19.7 Å². The lowest BCUT2D eigenvalue weighted by molar-refractivity contribution is -0.152.